The van der Waals surface area contributed by atoms with Gasteiger partial charge < -0.3 is 10.2 Å². The normalized spacial score (nSPS) is 14.7. The number of nitrogens with one attached hydrogen (secondary N) is 1. The van der Waals surface area contributed by atoms with E-state index in [1.807, 2.05) is 57.2 Å². The first-order valence-corrected chi connectivity index (χ1v) is 15.8. The molecule has 1 N–H and O–H groups in total. The second-order valence-corrected chi connectivity index (χ2v) is 13.0. The van der Waals surface area contributed by atoms with Crippen LogP contribution in [0.4, 0.5) is 5.69 Å². The zero-order valence-electron chi connectivity index (χ0n) is 24.5. The molecule has 1 fully saturated rings. The monoisotopic (exact) mass is 575 g/mol. The maximum Gasteiger partial charge on any atom is 0.264 e. The average molecular weight is 576 g/mol. The molecule has 0 aromatic heterocycles. The zero-order valence-corrected chi connectivity index (χ0v) is 25.3. The molecule has 1 aliphatic carbocycles. The van der Waals surface area contributed by atoms with Crippen LogP contribution in [-0.4, -0.2) is 43.8 Å². The fraction of sp³-hybridized carbons (Fsp3) is 0.394. The summed E-state index contributed by atoms with van der Waals surface area (Å²) in [6.45, 7) is 7.17. The van der Waals surface area contributed by atoms with Crippen LogP contribution in [0.3, 0.4) is 0 Å². The van der Waals surface area contributed by atoms with Gasteiger partial charge in [0, 0.05) is 12.6 Å². The maximum atomic E-state index is 14.2. The van der Waals surface area contributed by atoms with E-state index in [0.717, 1.165) is 47.9 Å². The number of hydrogen-bond donors (Lipinski definition) is 1. The minimum absolute atomic E-state index is 0.0968. The van der Waals surface area contributed by atoms with Gasteiger partial charge in [-0.05, 0) is 75.4 Å². The fourth-order valence-electron chi connectivity index (χ4n) is 5.38. The SMILES string of the molecule is Cc1cccc(CN(C(=O)CN(c2cc(C)ccc2C)S(=O)(=O)c2ccccc2)[C@@H](C)C(=O)NC2CCCCC2)c1. The van der Waals surface area contributed by atoms with E-state index in [9.17, 15) is 18.0 Å². The average Bonchev–Trinajstić information content (AvgIpc) is 2.96. The van der Waals surface area contributed by atoms with Crippen LogP contribution in [-0.2, 0) is 26.2 Å². The number of amides is 2. The number of carbonyl (C=O) groups is 2. The van der Waals surface area contributed by atoms with Gasteiger partial charge in [0.15, 0.2) is 0 Å². The largest absolute Gasteiger partial charge is 0.352 e. The van der Waals surface area contributed by atoms with Crippen molar-refractivity contribution >= 4 is 27.5 Å². The van der Waals surface area contributed by atoms with E-state index in [4.69, 9.17) is 0 Å². The lowest BCUT2D eigenvalue weighted by Gasteiger charge is -2.33. The molecule has 1 atom stereocenters. The number of carbonyl (C=O) groups excluding carboxylic acids is 2. The number of anilines is 1. The molecule has 3 aromatic carbocycles. The van der Waals surface area contributed by atoms with Crippen molar-refractivity contribution in [1.29, 1.82) is 0 Å². The molecule has 41 heavy (non-hydrogen) atoms. The van der Waals surface area contributed by atoms with Crippen molar-refractivity contribution in [3.8, 4) is 0 Å². The third-order valence-electron chi connectivity index (χ3n) is 7.80. The van der Waals surface area contributed by atoms with Gasteiger partial charge in [0.1, 0.15) is 12.6 Å². The van der Waals surface area contributed by atoms with Crippen molar-refractivity contribution in [2.75, 3.05) is 10.8 Å². The molecule has 218 valence electrons. The van der Waals surface area contributed by atoms with Crippen molar-refractivity contribution < 1.29 is 18.0 Å². The third kappa shape index (κ3) is 7.55. The molecular weight excluding hydrogens is 534 g/mol. The Labute approximate surface area is 244 Å². The summed E-state index contributed by atoms with van der Waals surface area (Å²) in [4.78, 5) is 29.2. The molecule has 3 aromatic rings. The molecular formula is C33H41N3O4S. The minimum atomic E-state index is -4.08. The predicted molar refractivity (Wildman–Crippen MR) is 163 cm³/mol. The topological polar surface area (TPSA) is 86.8 Å². The third-order valence-corrected chi connectivity index (χ3v) is 9.57. The summed E-state index contributed by atoms with van der Waals surface area (Å²) in [6, 6.07) is 20.8. The van der Waals surface area contributed by atoms with Crippen molar-refractivity contribution in [3.05, 3.63) is 95.1 Å². The molecule has 4 rings (SSSR count). The zero-order chi connectivity index (χ0) is 29.6. The lowest BCUT2D eigenvalue weighted by molar-refractivity contribution is -0.139. The Hall–Kier alpha value is -3.65. The number of hydrogen-bond acceptors (Lipinski definition) is 4. The van der Waals surface area contributed by atoms with Gasteiger partial charge in [-0.3, -0.25) is 13.9 Å². The van der Waals surface area contributed by atoms with Gasteiger partial charge >= 0.3 is 0 Å². The number of nitrogens with zero attached hydrogens (tertiary/aromatic N) is 2. The minimum Gasteiger partial charge on any atom is -0.352 e. The highest BCUT2D eigenvalue weighted by atomic mass is 32.2. The van der Waals surface area contributed by atoms with Crippen LogP contribution >= 0.6 is 0 Å². The van der Waals surface area contributed by atoms with E-state index >= 15 is 0 Å². The van der Waals surface area contributed by atoms with Gasteiger partial charge in [-0.15, -0.1) is 0 Å². The first-order chi connectivity index (χ1) is 19.6. The van der Waals surface area contributed by atoms with E-state index in [-0.39, 0.29) is 23.4 Å². The van der Waals surface area contributed by atoms with Crippen molar-refractivity contribution in [1.82, 2.24) is 10.2 Å². The number of aryl methyl sites for hydroxylation is 3. The van der Waals surface area contributed by atoms with Gasteiger partial charge in [0.25, 0.3) is 10.0 Å². The first kappa shape index (κ1) is 30.3. The number of rotatable bonds is 10. The second-order valence-electron chi connectivity index (χ2n) is 11.1. The summed E-state index contributed by atoms with van der Waals surface area (Å²) in [5, 5.41) is 3.14. The van der Waals surface area contributed by atoms with Crippen LogP contribution in [0.15, 0.2) is 77.7 Å². The Morgan fingerprint density at radius 1 is 0.878 bits per heavy atom. The smallest absolute Gasteiger partial charge is 0.264 e. The standard InChI is InChI=1S/C33H41N3O4S/c1-24-12-11-13-28(20-24)22-35(27(4)33(38)34-29-14-7-5-8-15-29)32(37)23-36(31-21-25(2)18-19-26(31)3)41(39,40)30-16-9-6-10-17-30/h6,9-13,16-21,27,29H,5,7-8,14-15,22-23H2,1-4H3,(H,34,38)/t27-/m0/s1. The predicted octanol–water partition coefficient (Wildman–Crippen LogP) is 5.67. The summed E-state index contributed by atoms with van der Waals surface area (Å²) in [5.74, 6) is -0.666. The van der Waals surface area contributed by atoms with E-state index in [1.165, 1.54) is 27.8 Å². The Kier molecular flexibility index (Phi) is 9.86. The van der Waals surface area contributed by atoms with E-state index in [2.05, 4.69) is 5.32 Å². The van der Waals surface area contributed by atoms with E-state index in [1.54, 1.807) is 31.2 Å². The van der Waals surface area contributed by atoms with Crippen LogP contribution in [0, 0.1) is 20.8 Å². The van der Waals surface area contributed by atoms with Crippen molar-refractivity contribution in [2.24, 2.45) is 0 Å². The molecule has 0 unspecified atom stereocenters. The Morgan fingerprint density at radius 3 is 2.24 bits per heavy atom. The van der Waals surface area contributed by atoms with Gasteiger partial charge in [-0.1, -0.05) is 79.4 Å². The highest BCUT2D eigenvalue weighted by molar-refractivity contribution is 7.92. The molecule has 0 saturated heterocycles. The Morgan fingerprint density at radius 2 is 1.56 bits per heavy atom. The molecule has 7 nitrogen and oxygen atoms in total. The molecule has 0 heterocycles. The van der Waals surface area contributed by atoms with Crippen molar-refractivity contribution in [2.45, 2.75) is 83.3 Å². The van der Waals surface area contributed by atoms with Gasteiger partial charge in [-0.2, -0.15) is 0 Å². The van der Waals surface area contributed by atoms with Crippen LogP contribution in [0.25, 0.3) is 0 Å². The van der Waals surface area contributed by atoms with Gasteiger partial charge in [0.2, 0.25) is 11.8 Å². The molecule has 0 aliphatic heterocycles. The van der Waals surface area contributed by atoms with Crippen LogP contribution < -0.4 is 9.62 Å². The number of benzene rings is 3. The molecule has 0 radical (unpaired) electrons. The Balaban J connectivity index is 1.70. The van der Waals surface area contributed by atoms with E-state index < -0.39 is 28.5 Å². The molecule has 0 spiro atoms. The van der Waals surface area contributed by atoms with E-state index in [0.29, 0.717) is 5.69 Å². The maximum absolute atomic E-state index is 14.2. The van der Waals surface area contributed by atoms with Gasteiger partial charge in [-0.25, -0.2) is 8.42 Å². The molecule has 1 saturated carbocycles. The number of sulfonamides is 1. The Bertz CT molecular complexity index is 1470. The summed E-state index contributed by atoms with van der Waals surface area (Å²) < 4.78 is 29.2. The van der Waals surface area contributed by atoms with Crippen LogP contribution in [0.1, 0.15) is 61.3 Å². The summed E-state index contributed by atoms with van der Waals surface area (Å²) in [7, 11) is -4.08. The van der Waals surface area contributed by atoms with Crippen LogP contribution in [0.2, 0.25) is 0 Å². The quantitative estimate of drug-likeness (QED) is 0.337. The van der Waals surface area contributed by atoms with Gasteiger partial charge in [0.05, 0.1) is 10.6 Å². The summed E-state index contributed by atoms with van der Waals surface area (Å²) >= 11 is 0. The van der Waals surface area contributed by atoms with Crippen molar-refractivity contribution in [3.63, 3.8) is 0 Å². The van der Waals surface area contributed by atoms with Crippen LogP contribution in [0.5, 0.6) is 0 Å². The lowest BCUT2D eigenvalue weighted by atomic mass is 9.95. The molecule has 2 amide bonds. The summed E-state index contributed by atoms with van der Waals surface area (Å²) in [6.07, 6.45) is 5.19. The molecule has 8 heteroatoms. The highest BCUT2D eigenvalue weighted by Gasteiger charge is 2.33. The summed E-state index contributed by atoms with van der Waals surface area (Å²) in [5.41, 5.74) is 3.97. The molecule has 0 bridgehead atoms. The second kappa shape index (κ2) is 13.3. The first-order valence-electron chi connectivity index (χ1n) is 14.4. The fourth-order valence-corrected chi connectivity index (χ4v) is 6.87. The lowest BCUT2D eigenvalue weighted by Crippen LogP contribution is -2.53. The highest BCUT2D eigenvalue weighted by Crippen LogP contribution is 2.28. The molecule has 1 aliphatic rings.